The molecule has 0 aromatic heterocycles. The highest BCUT2D eigenvalue weighted by Crippen LogP contribution is 2.25. The minimum Gasteiger partial charge on any atom is -0.452 e. The Bertz CT molecular complexity index is 809. The summed E-state index contributed by atoms with van der Waals surface area (Å²) in [5.74, 6) is -2.04. The number of carbonyl (C=O) groups is 2. The van der Waals surface area contributed by atoms with Gasteiger partial charge < -0.3 is 10.1 Å². The van der Waals surface area contributed by atoms with Gasteiger partial charge in [-0.25, -0.2) is 13.2 Å². The van der Waals surface area contributed by atoms with Crippen LogP contribution in [0.5, 0.6) is 0 Å². The molecule has 1 saturated heterocycles. The predicted molar refractivity (Wildman–Crippen MR) is 93.0 cm³/mol. The van der Waals surface area contributed by atoms with Crippen LogP contribution in [0, 0.1) is 0 Å². The van der Waals surface area contributed by atoms with Crippen LogP contribution in [0.3, 0.4) is 0 Å². The molecule has 2 rings (SSSR count). The number of alkyl halides is 3. The average Bonchev–Trinajstić information content (AvgIpc) is 2.64. The Kier molecular flexibility index (Phi) is 7.05. The number of ether oxygens (including phenoxy) is 1. The number of esters is 1. The molecule has 28 heavy (non-hydrogen) atoms. The Morgan fingerprint density at radius 1 is 1.21 bits per heavy atom. The zero-order valence-electron chi connectivity index (χ0n) is 15.2. The molecule has 0 aliphatic carbocycles. The van der Waals surface area contributed by atoms with Gasteiger partial charge in [0, 0.05) is 12.6 Å². The summed E-state index contributed by atoms with van der Waals surface area (Å²) in [4.78, 5) is 23.2. The van der Waals surface area contributed by atoms with Crippen LogP contribution in [0.25, 0.3) is 0 Å². The molecule has 1 aromatic rings. The summed E-state index contributed by atoms with van der Waals surface area (Å²) in [5, 5.41) is 1.57. The van der Waals surface area contributed by atoms with Gasteiger partial charge in [-0.15, -0.1) is 0 Å². The first-order valence-corrected chi connectivity index (χ1v) is 10.1. The van der Waals surface area contributed by atoms with Gasteiger partial charge in [-0.3, -0.25) is 4.79 Å². The second kappa shape index (κ2) is 8.91. The molecule has 1 aliphatic rings. The SMILES string of the molecule is CC1CCCCN1S(=O)(=O)c1ccc(C(=O)OCC(=O)NCC(F)(F)F)cc1. The predicted octanol–water partition coefficient (Wildman–Crippen LogP) is 2.08. The van der Waals surface area contributed by atoms with Crippen LogP contribution in [-0.2, 0) is 19.6 Å². The van der Waals surface area contributed by atoms with E-state index in [0.29, 0.717) is 6.54 Å². The normalized spacial score (nSPS) is 18.5. The molecular weight excluding hydrogens is 401 g/mol. The van der Waals surface area contributed by atoms with E-state index < -0.39 is 41.2 Å². The van der Waals surface area contributed by atoms with E-state index in [9.17, 15) is 31.2 Å². The van der Waals surface area contributed by atoms with E-state index in [1.54, 1.807) is 5.32 Å². The van der Waals surface area contributed by atoms with Crippen molar-refractivity contribution in [2.45, 2.75) is 43.3 Å². The van der Waals surface area contributed by atoms with E-state index in [-0.39, 0.29) is 16.5 Å². The van der Waals surface area contributed by atoms with Crippen molar-refractivity contribution in [3.63, 3.8) is 0 Å². The van der Waals surface area contributed by atoms with Gasteiger partial charge in [0.25, 0.3) is 5.91 Å². The first-order chi connectivity index (χ1) is 13.0. The number of rotatable bonds is 6. The highest BCUT2D eigenvalue weighted by Gasteiger charge is 2.31. The maximum absolute atomic E-state index is 12.7. The van der Waals surface area contributed by atoms with Gasteiger partial charge in [-0.05, 0) is 44.0 Å². The van der Waals surface area contributed by atoms with Crippen molar-refractivity contribution in [3.8, 4) is 0 Å². The van der Waals surface area contributed by atoms with Crippen LogP contribution in [0.1, 0.15) is 36.5 Å². The molecule has 1 heterocycles. The topological polar surface area (TPSA) is 92.8 Å². The fourth-order valence-corrected chi connectivity index (χ4v) is 4.49. The number of sulfonamides is 1. The average molecular weight is 422 g/mol. The molecule has 156 valence electrons. The summed E-state index contributed by atoms with van der Waals surface area (Å²) in [6.45, 7) is -0.127. The van der Waals surface area contributed by atoms with Crippen molar-refractivity contribution in [3.05, 3.63) is 29.8 Å². The van der Waals surface area contributed by atoms with E-state index in [1.165, 1.54) is 28.6 Å². The molecule has 0 spiro atoms. The van der Waals surface area contributed by atoms with E-state index in [1.807, 2.05) is 6.92 Å². The molecule has 0 bridgehead atoms. The lowest BCUT2D eigenvalue weighted by molar-refractivity contribution is -0.140. The quantitative estimate of drug-likeness (QED) is 0.709. The lowest BCUT2D eigenvalue weighted by Crippen LogP contribution is -2.41. The summed E-state index contributed by atoms with van der Waals surface area (Å²) in [5.41, 5.74) is -0.0192. The molecule has 7 nitrogen and oxygen atoms in total. The molecular formula is C17H21F3N2O5S. The Balaban J connectivity index is 1.96. The molecule has 1 aliphatic heterocycles. The van der Waals surface area contributed by atoms with Crippen LogP contribution in [0.2, 0.25) is 0 Å². The lowest BCUT2D eigenvalue weighted by Gasteiger charge is -2.32. The highest BCUT2D eigenvalue weighted by atomic mass is 32.2. The first kappa shape index (κ1) is 22.2. The van der Waals surface area contributed by atoms with Crippen molar-refractivity contribution in [2.24, 2.45) is 0 Å². The molecule has 1 amide bonds. The van der Waals surface area contributed by atoms with Crippen LogP contribution >= 0.6 is 0 Å². The van der Waals surface area contributed by atoms with Crippen molar-refractivity contribution < 1.29 is 35.9 Å². The summed E-state index contributed by atoms with van der Waals surface area (Å²) in [7, 11) is -3.69. The fourth-order valence-electron chi connectivity index (χ4n) is 2.79. The third-order valence-electron chi connectivity index (χ3n) is 4.26. The van der Waals surface area contributed by atoms with Gasteiger partial charge in [0.2, 0.25) is 10.0 Å². The minimum absolute atomic E-state index is 0.0192. The molecule has 0 radical (unpaired) electrons. The lowest BCUT2D eigenvalue weighted by atomic mass is 10.1. The standard InChI is InChI=1S/C17H21F3N2O5S/c1-12-4-2-3-9-22(12)28(25,26)14-7-5-13(6-8-14)16(24)27-10-15(23)21-11-17(18,19)20/h5-8,12H,2-4,9-11H2,1H3,(H,21,23). The Morgan fingerprint density at radius 3 is 2.43 bits per heavy atom. The van der Waals surface area contributed by atoms with Crippen LogP contribution in [-0.4, -0.2) is 56.5 Å². The molecule has 1 fully saturated rings. The molecule has 11 heteroatoms. The van der Waals surface area contributed by atoms with Gasteiger partial charge in [-0.2, -0.15) is 17.5 Å². The summed E-state index contributed by atoms with van der Waals surface area (Å²) in [6.07, 6.45) is -2.04. The molecule has 1 unspecified atom stereocenters. The summed E-state index contributed by atoms with van der Waals surface area (Å²) in [6, 6.07) is 4.88. The van der Waals surface area contributed by atoms with Crippen LogP contribution in [0.15, 0.2) is 29.2 Å². The Morgan fingerprint density at radius 2 is 1.86 bits per heavy atom. The van der Waals surface area contributed by atoms with Gasteiger partial charge >= 0.3 is 12.1 Å². The number of hydrogen-bond donors (Lipinski definition) is 1. The van der Waals surface area contributed by atoms with Gasteiger partial charge in [0.05, 0.1) is 10.5 Å². The van der Waals surface area contributed by atoms with Crippen molar-refractivity contribution in [1.82, 2.24) is 9.62 Å². The summed E-state index contributed by atoms with van der Waals surface area (Å²) < 4.78 is 67.5. The highest BCUT2D eigenvalue weighted by molar-refractivity contribution is 7.89. The van der Waals surface area contributed by atoms with E-state index >= 15 is 0 Å². The van der Waals surface area contributed by atoms with Crippen molar-refractivity contribution in [1.29, 1.82) is 0 Å². The number of nitrogens with one attached hydrogen (secondary N) is 1. The molecule has 1 aromatic carbocycles. The second-order valence-corrected chi connectivity index (χ2v) is 8.34. The fraction of sp³-hybridized carbons (Fsp3) is 0.529. The number of amides is 1. The summed E-state index contributed by atoms with van der Waals surface area (Å²) >= 11 is 0. The van der Waals surface area contributed by atoms with Crippen molar-refractivity contribution >= 4 is 21.9 Å². The number of hydrogen-bond acceptors (Lipinski definition) is 5. The van der Waals surface area contributed by atoms with Gasteiger partial charge in [-0.1, -0.05) is 6.42 Å². The third-order valence-corrected chi connectivity index (χ3v) is 6.29. The number of carbonyl (C=O) groups excluding carboxylic acids is 2. The Hall–Kier alpha value is -2.14. The van der Waals surface area contributed by atoms with Crippen LogP contribution < -0.4 is 5.32 Å². The maximum atomic E-state index is 12.7. The largest absolute Gasteiger partial charge is 0.452 e. The van der Waals surface area contributed by atoms with E-state index in [0.717, 1.165) is 19.3 Å². The van der Waals surface area contributed by atoms with E-state index in [4.69, 9.17) is 0 Å². The molecule has 1 atom stereocenters. The minimum atomic E-state index is -4.56. The third kappa shape index (κ3) is 5.93. The number of piperidine rings is 1. The Labute approximate surface area is 160 Å². The zero-order chi connectivity index (χ0) is 20.9. The number of nitrogens with zero attached hydrogens (tertiary/aromatic N) is 1. The van der Waals surface area contributed by atoms with Crippen molar-refractivity contribution in [2.75, 3.05) is 19.7 Å². The molecule has 1 N–H and O–H groups in total. The van der Waals surface area contributed by atoms with Gasteiger partial charge in [0.1, 0.15) is 6.54 Å². The smallest absolute Gasteiger partial charge is 0.405 e. The number of halogens is 3. The number of benzene rings is 1. The van der Waals surface area contributed by atoms with E-state index in [2.05, 4.69) is 4.74 Å². The van der Waals surface area contributed by atoms with Crippen LogP contribution in [0.4, 0.5) is 13.2 Å². The second-order valence-electron chi connectivity index (χ2n) is 6.45. The maximum Gasteiger partial charge on any atom is 0.405 e. The first-order valence-electron chi connectivity index (χ1n) is 8.63. The molecule has 0 saturated carbocycles. The zero-order valence-corrected chi connectivity index (χ0v) is 16.0. The monoisotopic (exact) mass is 422 g/mol. The van der Waals surface area contributed by atoms with Gasteiger partial charge in [0.15, 0.2) is 6.61 Å².